The Morgan fingerprint density at radius 1 is 1.02 bits per heavy atom. The molecule has 13 atom stereocenters. The molecular weight excluding hydrogens is 528 g/mol. The highest BCUT2D eigenvalue weighted by Gasteiger charge is 2.81. The highest BCUT2D eigenvalue weighted by atomic mass is 16.7. The Labute approximate surface area is 254 Å². The van der Waals surface area contributed by atoms with Crippen LogP contribution in [0.3, 0.4) is 0 Å². The summed E-state index contributed by atoms with van der Waals surface area (Å²) in [5.41, 5.74) is 1.58. The lowest BCUT2D eigenvalue weighted by Gasteiger charge is -2.60. The van der Waals surface area contributed by atoms with Gasteiger partial charge in [-0.3, -0.25) is 0 Å². The van der Waals surface area contributed by atoms with Crippen LogP contribution in [-0.4, -0.2) is 63.5 Å². The summed E-state index contributed by atoms with van der Waals surface area (Å²) in [7, 11) is 1.64. The van der Waals surface area contributed by atoms with Crippen molar-refractivity contribution in [3.05, 3.63) is 0 Å². The lowest BCUT2D eigenvalue weighted by atomic mass is 9.46. The number of morpholine rings is 1. The summed E-state index contributed by atoms with van der Waals surface area (Å²) in [6.07, 6.45) is 11.5. The van der Waals surface area contributed by atoms with Gasteiger partial charge in [0.1, 0.15) is 6.10 Å². The van der Waals surface area contributed by atoms with E-state index in [-0.39, 0.29) is 48.1 Å². The molecule has 0 aromatic heterocycles. The van der Waals surface area contributed by atoms with Crippen LogP contribution in [0.4, 0.5) is 4.79 Å². The molecule has 5 saturated carbocycles. The van der Waals surface area contributed by atoms with Crippen LogP contribution in [0.15, 0.2) is 0 Å². The summed E-state index contributed by atoms with van der Waals surface area (Å²) < 4.78 is 25.6. The van der Waals surface area contributed by atoms with Crippen LogP contribution in [0.5, 0.6) is 0 Å². The van der Waals surface area contributed by atoms with Gasteiger partial charge in [-0.15, -0.1) is 0 Å². The van der Waals surface area contributed by atoms with Gasteiger partial charge in [0.25, 0.3) is 0 Å². The molecule has 2 aliphatic heterocycles. The van der Waals surface area contributed by atoms with Gasteiger partial charge in [-0.1, -0.05) is 41.5 Å². The monoisotopic (exact) mass is 586 g/mol. The molecule has 7 fully saturated rings. The van der Waals surface area contributed by atoms with Crippen molar-refractivity contribution in [2.45, 2.75) is 130 Å². The molecule has 0 aromatic rings. The molecule has 2 spiro atoms. The van der Waals surface area contributed by atoms with E-state index in [0.29, 0.717) is 28.1 Å². The average Bonchev–Trinajstić information content (AvgIpc) is 3.52. The van der Waals surface area contributed by atoms with E-state index in [1.807, 2.05) is 0 Å². The quantitative estimate of drug-likeness (QED) is 0.402. The molecule has 7 nitrogen and oxygen atoms in total. The topological polar surface area (TPSA) is 78.1 Å². The maximum absolute atomic E-state index is 12.2. The predicted octanol–water partition coefficient (Wildman–Crippen LogP) is 6.15. The maximum atomic E-state index is 12.2. The van der Waals surface area contributed by atoms with Crippen molar-refractivity contribution < 1.29 is 23.7 Å². The van der Waals surface area contributed by atoms with E-state index in [0.717, 1.165) is 43.9 Å². The molecule has 0 bridgehead atoms. The van der Waals surface area contributed by atoms with Crippen molar-refractivity contribution >= 4 is 6.09 Å². The van der Waals surface area contributed by atoms with Crippen molar-refractivity contribution in [1.29, 1.82) is 0 Å². The number of hydrogen-bond donors (Lipinski definition) is 2. The Morgan fingerprint density at radius 2 is 1.83 bits per heavy atom. The van der Waals surface area contributed by atoms with Crippen LogP contribution in [-0.2, 0) is 18.9 Å². The fourth-order valence-electron chi connectivity index (χ4n) is 12.9. The number of fused-ring (bicyclic) bond motifs is 4. The molecule has 7 heteroatoms. The number of alkyl carbamates (subject to hydrolysis) is 1. The van der Waals surface area contributed by atoms with Gasteiger partial charge in [-0.05, 0) is 115 Å². The number of rotatable bonds is 5. The number of amides is 1. The van der Waals surface area contributed by atoms with E-state index in [2.05, 4.69) is 52.2 Å². The molecule has 2 saturated heterocycles. The second-order valence-corrected chi connectivity index (χ2v) is 16.9. The van der Waals surface area contributed by atoms with E-state index in [1.165, 1.54) is 51.4 Å². The van der Waals surface area contributed by atoms with Gasteiger partial charge in [-0.25, -0.2) is 4.79 Å². The van der Waals surface area contributed by atoms with Gasteiger partial charge < -0.3 is 29.6 Å². The van der Waals surface area contributed by atoms with E-state index in [9.17, 15) is 4.79 Å². The lowest BCUT2D eigenvalue weighted by molar-refractivity contribution is -0.232. The third-order valence-electron chi connectivity index (χ3n) is 14.6. The minimum atomic E-state index is -0.345. The number of nitrogens with one attached hydrogen (secondary N) is 2. The highest BCUT2D eigenvalue weighted by molar-refractivity contribution is 5.66. The van der Waals surface area contributed by atoms with Gasteiger partial charge in [0.2, 0.25) is 0 Å². The van der Waals surface area contributed by atoms with Crippen molar-refractivity contribution in [1.82, 2.24) is 10.6 Å². The Kier molecular flexibility index (Phi) is 7.32. The molecule has 5 aliphatic carbocycles. The van der Waals surface area contributed by atoms with Gasteiger partial charge in [-0.2, -0.15) is 0 Å². The molecule has 2 N–H and O–H groups in total. The fraction of sp³-hybridized carbons (Fsp3) is 0.971. The average molecular weight is 587 g/mol. The number of hydrogen-bond acceptors (Lipinski definition) is 6. The summed E-state index contributed by atoms with van der Waals surface area (Å²) >= 11 is 0. The third kappa shape index (κ3) is 4.21. The zero-order valence-electron chi connectivity index (χ0n) is 27.4. The van der Waals surface area contributed by atoms with Crippen LogP contribution in [0.1, 0.15) is 99.3 Å². The van der Waals surface area contributed by atoms with Crippen molar-refractivity contribution in [3.8, 4) is 0 Å². The minimum absolute atomic E-state index is 0.0151. The normalized spacial score (nSPS) is 51.3. The van der Waals surface area contributed by atoms with Crippen molar-refractivity contribution in [3.63, 3.8) is 0 Å². The first-order valence-electron chi connectivity index (χ1n) is 17.5. The molecular formula is C35H58N2O5. The molecule has 7 aliphatic rings. The predicted molar refractivity (Wildman–Crippen MR) is 162 cm³/mol. The summed E-state index contributed by atoms with van der Waals surface area (Å²) in [5.74, 6) is 3.75. The zero-order chi connectivity index (χ0) is 29.7. The van der Waals surface area contributed by atoms with Crippen molar-refractivity contribution in [2.24, 2.45) is 57.2 Å². The van der Waals surface area contributed by atoms with E-state index in [4.69, 9.17) is 18.9 Å². The summed E-state index contributed by atoms with van der Waals surface area (Å²) in [5, 5.41) is 6.10. The zero-order valence-corrected chi connectivity index (χ0v) is 27.4. The molecule has 42 heavy (non-hydrogen) atoms. The van der Waals surface area contributed by atoms with Gasteiger partial charge in [0, 0.05) is 20.1 Å². The maximum Gasteiger partial charge on any atom is 0.407 e. The second kappa shape index (κ2) is 10.3. The number of carbonyl (C=O) groups is 1. The summed E-state index contributed by atoms with van der Waals surface area (Å²) in [6.45, 7) is 16.9. The SMILES string of the molecule is CNC(=O)O[C@H](C(C)C)C1C[C@@H](C)[C@H]2C(CC3C4CCC5C(C)(C)[C@@H](OC6CNCCO6)CCC56C[C@@]46CCC32C)O1. The summed E-state index contributed by atoms with van der Waals surface area (Å²) in [6, 6.07) is 0. The lowest BCUT2D eigenvalue weighted by Crippen LogP contribution is -2.56. The Hall–Kier alpha value is -0.890. The third-order valence-corrected chi connectivity index (χ3v) is 14.6. The Morgan fingerprint density at radius 3 is 2.55 bits per heavy atom. The molecule has 1 amide bonds. The molecule has 238 valence electrons. The first kappa shape index (κ1) is 29.8. The van der Waals surface area contributed by atoms with Crippen LogP contribution in [0.25, 0.3) is 0 Å². The van der Waals surface area contributed by atoms with E-state index < -0.39 is 0 Å². The first-order valence-corrected chi connectivity index (χ1v) is 17.5. The molecule has 8 unspecified atom stereocenters. The Bertz CT molecular complexity index is 1040. The molecule has 0 radical (unpaired) electrons. The van der Waals surface area contributed by atoms with Crippen LogP contribution >= 0.6 is 0 Å². The van der Waals surface area contributed by atoms with Crippen LogP contribution in [0, 0.1) is 57.2 Å². The molecule has 2 heterocycles. The van der Waals surface area contributed by atoms with E-state index in [1.54, 1.807) is 7.05 Å². The van der Waals surface area contributed by atoms with E-state index >= 15 is 0 Å². The number of carbonyl (C=O) groups excluding carboxylic acids is 1. The molecule has 0 aromatic carbocycles. The molecule has 7 rings (SSSR count). The smallest absolute Gasteiger partial charge is 0.407 e. The fourth-order valence-corrected chi connectivity index (χ4v) is 12.9. The number of ether oxygens (including phenoxy) is 4. The van der Waals surface area contributed by atoms with Gasteiger partial charge >= 0.3 is 6.09 Å². The van der Waals surface area contributed by atoms with Crippen molar-refractivity contribution in [2.75, 3.05) is 26.7 Å². The first-order chi connectivity index (χ1) is 20.0. The highest BCUT2D eigenvalue weighted by Crippen LogP contribution is 2.87. The van der Waals surface area contributed by atoms with Crippen LogP contribution < -0.4 is 10.6 Å². The second-order valence-electron chi connectivity index (χ2n) is 16.9. The Balaban J connectivity index is 1.09. The summed E-state index contributed by atoms with van der Waals surface area (Å²) in [4.78, 5) is 12.2. The minimum Gasteiger partial charge on any atom is -0.443 e. The standard InChI is InChI=1S/C35H58N2O5/c1-20(2)30(42-31(38)36-7)25-16-21(3)29-24(40-25)17-23-22-8-9-26-32(4,5)27(41-28-18-37-14-15-39-28)10-11-35(26)19-34(22,35)13-12-33(23,29)6/h20-30,37H,8-19H2,1-7H3,(H,36,38)/t21-,22?,23?,24?,25?,26?,27+,28?,29+,30-,33?,34+,35?/m1/s1. The van der Waals surface area contributed by atoms with Crippen LogP contribution in [0.2, 0.25) is 0 Å². The largest absolute Gasteiger partial charge is 0.443 e. The van der Waals surface area contributed by atoms with Gasteiger partial charge in [0.05, 0.1) is 24.9 Å². The van der Waals surface area contributed by atoms with Gasteiger partial charge in [0.15, 0.2) is 6.29 Å².